The normalized spacial score (nSPS) is 23.3. The molecular formula is C23H28N2O3S. The highest BCUT2D eigenvalue weighted by molar-refractivity contribution is 7.89. The second-order valence-electron chi connectivity index (χ2n) is 8.74. The summed E-state index contributed by atoms with van der Waals surface area (Å²) in [7, 11) is -3.61. The first kappa shape index (κ1) is 19.2. The van der Waals surface area contributed by atoms with Gasteiger partial charge in [0.2, 0.25) is 10.0 Å². The highest BCUT2D eigenvalue weighted by atomic mass is 32.2. The summed E-state index contributed by atoms with van der Waals surface area (Å²) in [6.07, 6.45) is 5.29. The third kappa shape index (κ3) is 3.32. The Morgan fingerprint density at radius 2 is 1.62 bits per heavy atom. The minimum atomic E-state index is -3.61. The van der Waals surface area contributed by atoms with Crippen LogP contribution < -0.4 is 5.73 Å². The number of hydrogen-bond acceptors (Lipinski definition) is 4. The Morgan fingerprint density at radius 3 is 2.24 bits per heavy atom. The average Bonchev–Trinajstić information content (AvgIpc) is 3.34. The molecule has 0 amide bonds. The van der Waals surface area contributed by atoms with Gasteiger partial charge in [-0.1, -0.05) is 42.5 Å². The fraction of sp³-hybridized carbons (Fsp3) is 0.478. The van der Waals surface area contributed by atoms with Crippen LogP contribution in [0.15, 0.2) is 53.4 Å². The van der Waals surface area contributed by atoms with Crippen LogP contribution in [0, 0.1) is 0 Å². The number of ether oxygens (including phenoxy) is 1. The average molecular weight is 413 g/mol. The van der Waals surface area contributed by atoms with Crippen LogP contribution in [0.4, 0.5) is 0 Å². The molecule has 1 saturated carbocycles. The molecule has 1 aliphatic carbocycles. The summed E-state index contributed by atoms with van der Waals surface area (Å²) in [5, 5.41) is 0. The van der Waals surface area contributed by atoms with E-state index >= 15 is 0 Å². The van der Waals surface area contributed by atoms with E-state index in [0.717, 1.165) is 61.8 Å². The zero-order valence-corrected chi connectivity index (χ0v) is 17.5. The quantitative estimate of drug-likeness (QED) is 0.832. The van der Waals surface area contributed by atoms with E-state index in [1.165, 1.54) is 0 Å². The summed E-state index contributed by atoms with van der Waals surface area (Å²) < 4.78 is 35.0. The molecule has 2 aromatic rings. The molecule has 6 heteroatoms. The van der Waals surface area contributed by atoms with E-state index in [0.29, 0.717) is 18.0 Å². The summed E-state index contributed by atoms with van der Waals surface area (Å²) in [5.41, 5.74) is 8.68. The van der Waals surface area contributed by atoms with Gasteiger partial charge in [0.05, 0.1) is 10.5 Å². The van der Waals surface area contributed by atoms with E-state index in [9.17, 15) is 8.42 Å². The Morgan fingerprint density at radius 1 is 0.897 bits per heavy atom. The molecule has 0 bridgehead atoms. The first-order valence-corrected chi connectivity index (χ1v) is 12.0. The molecule has 1 spiro atoms. The van der Waals surface area contributed by atoms with Gasteiger partial charge in [-0.25, -0.2) is 8.42 Å². The van der Waals surface area contributed by atoms with E-state index in [1.54, 1.807) is 10.4 Å². The van der Waals surface area contributed by atoms with Crippen LogP contribution >= 0.6 is 0 Å². The van der Waals surface area contributed by atoms with Gasteiger partial charge in [0, 0.05) is 25.2 Å². The summed E-state index contributed by atoms with van der Waals surface area (Å²) >= 11 is 0. The van der Waals surface area contributed by atoms with Gasteiger partial charge in [0.1, 0.15) is 0 Å². The molecule has 5 rings (SSSR count). The van der Waals surface area contributed by atoms with Crippen molar-refractivity contribution in [2.24, 2.45) is 5.73 Å². The van der Waals surface area contributed by atoms with Crippen molar-refractivity contribution in [2.75, 3.05) is 19.7 Å². The van der Waals surface area contributed by atoms with Crippen LogP contribution in [0.3, 0.4) is 0 Å². The van der Waals surface area contributed by atoms with Gasteiger partial charge in [0.15, 0.2) is 0 Å². The molecule has 5 nitrogen and oxygen atoms in total. The second kappa shape index (κ2) is 6.91. The standard InChI is InChI=1S/C23H28N2O3S/c24-23(11-12-23)21-19(18-6-2-1-3-7-18)8-4-9-20(21)29(26,27)25-15-13-22(14-16-25)10-5-17-28-22/h1-4,6-9H,5,10-17,24H2. The molecule has 154 valence electrons. The van der Waals surface area contributed by atoms with Gasteiger partial charge in [-0.3, -0.25) is 0 Å². The second-order valence-corrected chi connectivity index (χ2v) is 10.6. The van der Waals surface area contributed by atoms with E-state index in [1.807, 2.05) is 42.5 Å². The summed E-state index contributed by atoms with van der Waals surface area (Å²) in [6.45, 7) is 1.82. The molecule has 2 heterocycles. The van der Waals surface area contributed by atoms with Crippen molar-refractivity contribution in [1.82, 2.24) is 4.31 Å². The minimum absolute atomic E-state index is 0.105. The maximum absolute atomic E-state index is 13.7. The topological polar surface area (TPSA) is 72.6 Å². The molecular weight excluding hydrogens is 384 g/mol. The van der Waals surface area contributed by atoms with Crippen LogP contribution in [-0.4, -0.2) is 38.0 Å². The largest absolute Gasteiger partial charge is 0.375 e. The molecule has 29 heavy (non-hydrogen) atoms. The van der Waals surface area contributed by atoms with Crippen molar-refractivity contribution in [2.45, 2.75) is 54.6 Å². The SMILES string of the molecule is NC1(c2c(-c3ccccc3)cccc2S(=O)(=O)N2CCC3(CCCO3)CC2)CC1. The Kier molecular flexibility index (Phi) is 4.59. The fourth-order valence-corrected chi connectivity index (χ4v) is 6.69. The maximum atomic E-state index is 13.7. The molecule has 2 saturated heterocycles. The predicted molar refractivity (Wildman–Crippen MR) is 113 cm³/mol. The number of nitrogens with zero attached hydrogens (tertiary/aromatic N) is 1. The van der Waals surface area contributed by atoms with Crippen LogP contribution in [-0.2, 0) is 20.3 Å². The van der Waals surface area contributed by atoms with E-state index in [-0.39, 0.29) is 5.60 Å². The number of rotatable bonds is 4. The van der Waals surface area contributed by atoms with E-state index < -0.39 is 15.6 Å². The van der Waals surface area contributed by atoms with Gasteiger partial charge >= 0.3 is 0 Å². The van der Waals surface area contributed by atoms with E-state index in [2.05, 4.69) is 0 Å². The Balaban J connectivity index is 1.54. The van der Waals surface area contributed by atoms with Crippen LogP contribution in [0.5, 0.6) is 0 Å². The molecule has 2 N–H and O–H groups in total. The Hall–Kier alpha value is -1.73. The Labute approximate surface area is 172 Å². The first-order valence-electron chi connectivity index (χ1n) is 10.6. The lowest BCUT2D eigenvalue weighted by molar-refractivity contribution is -0.0309. The lowest BCUT2D eigenvalue weighted by Crippen LogP contribution is -2.46. The van der Waals surface area contributed by atoms with Gasteiger partial charge < -0.3 is 10.5 Å². The summed E-state index contributed by atoms with van der Waals surface area (Å²) in [4.78, 5) is 0.377. The molecule has 3 aliphatic rings. The first-order chi connectivity index (χ1) is 13.9. The molecule has 0 aromatic heterocycles. The lowest BCUT2D eigenvalue weighted by atomic mass is 9.90. The lowest BCUT2D eigenvalue weighted by Gasteiger charge is -2.38. The number of nitrogens with two attached hydrogens (primary N) is 1. The smallest absolute Gasteiger partial charge is 0.243 e. The highest BCUT2D eigenvalue weighted by Crippen LogP contribution is 2.50. The molecule has 0 radical (unpaired) electrons. The number of benzene rings is 2. The Bertz CT molecular complexity index is 1000. The van der Waals surface area contributed by atoms with Crippen molar-refractivity contribution in [3.05, 3.63) is 54.1 Å². The third-order valence-corrected chi connectivity index (χ3v) is 8.78. The number of sulfonamides is 1. The molecule has 2 aromatic carbocycles. The van der Waals surface area contributed by atoms with Gasteiger partial charge in [0.25, 0.3) is 0 Å². The van der Waals surface area contributed by atoms with Gasteiger partial charge in [-0.15, -0.1) is 0 Å². The summed E-state index contributed by atoms with van der Waals surface area (Å²) in [5.74, 6) is 0. The van der Waals surface area contributed by atoms with Crippen molar-refractivity contribution in [1.29, 1.82) is 0 Å². The zero-order chi connectivity index (χ0) is 20.1. The van der Waals surface area contributed by atoms with Crippen LogP contribution in [0.1, 0.15) is 44.1 Å². The highest BCUT2D eigenvalue weighted by Gasteiger charge is 2.47. The third-order valence-electron chi connectivity index (χ3n) is 6.83. The maximum Gasteiger partial charge on any atom is 0.243 e. The monoisotopic (exact) mass is 412 g/mol. The molecule has 2 aliphatic heterocycles. The van der Waals surface area contributed by atoms with E-state index in [4.69, 9.17) is 10.5 Å². The van der Waals surface area contributed by atoms with Crippen molar-refractivity contribution in [3.63, 3.8) is 0 Å². The van der Waals surface area contributed by atoms with Gasteiger partial charge in [-0.05, 0) is 61.3 Å². The number of hydrogen-bond donors (Lipinski definition) is 1. The van der Waals surface area contributed by atoms with Crippen LogP contribution in [0.25, 0.3) is 11.1 Å². The van der Waals surface area contributed by atoms with Gasteiger partial charge in [-0.2, -0.15) is 4.31 Å². The molecule has 0 atom stereocenters. The van der Waals surface area contributed by atoms with Crippen molar-refractivity contribution >= 4 is 10.0 Å². The van der Waals surface area contributed by atoms with Crippen molar-refractivity contribution < 1.29 is 13.2 Å². The fourth-order valence-electron chi connectivity index (χ4n) is 4.93. The minimum Gasteiger partial charge on any atom is -0.375 e. The molecule has 0 unspecified atom stereocenters. The predicted octanol–water partition coefficient (Wildman–Crippen LogP) is 3.64. The number of piperidine rings is 1. The molecule has 3 fully saturated rings. The van der Waals surface area contributed by atoms with Crippen molar-refractivity contribution in [3.8, 4) is 11.1 Å². The summed E-state index contributed by atoms with van der Waals surface area (Å²) in [6, 6.07) is 15.5. The zero-order valence-electron chi connectivity index (χ0n) is 16.6. The van der Waals surface area contributed by atoms with Crippen LogP contribution in [0.2, 0.25) is 0 Å².